The molecular formula is C25H25BrO4S. The van der Waals surface area contributed by atoms with Crippen LogP contribution in [0.25, 0.3) is 10.1 Å². The first-order chi connectivity index (χ1) is 15.0. The number of allylic oxidation sites excluding steroid dienone is 2. The normalized spacial score (nSPS) is 21.7. The maximum absolute atomic E-state index is 11.1. The Labute approximate surface area is 194 Å². The first kappa shape index (κ1) is 22.2. The highest BCUT2D eigenvalue weighted by Gasteiger charge is 2.36. The van der Waals surface area contributed by atoms with Gasteiger partial charge in [0.05, 0.1) is 17.6 Å². The summed E-state index contributed by atoms with van der Waals surface area (Å²) < 4.78 is 14.8. The van der Waals surface area contributed by atoms with Gasteiger partial charge in [-0.15, -0.1) is 11.3 Å². The monoisotopic (exact) mass is 500 g/mol. The van der Waals surface area contributed by atoms with Crippen LogP contribution in [-0.4, -0.2) is 17.5 Å². The lowest BCUT2D eigenvalue weighted by Gasteiger charge is -2.36. The van der Waals surface area contributed by atoms with Crippen molar-refractivity contribution in [3.63, 3.8) is 0 Å². The molecule has 0 amide bonds. The molecule has 0 spiro atoms. The van der Waals surface area contributed by atoms with Gasteiger partial charge in [0.25, 0.3) is 0 Å². The topological polar surface area (TPSA) is 55.8 Å². The van der Waals surface area contributed by atoms with Crippen LogP contribution in [0.1, 0.15) is 49.0 Å². The first-order valence-electron chi connectivity index (χ1n) is 10.4. The zero-order valence-corrected chi connectivity index (χ0v) is 19.7. The number of carbonyl (C=O) groups is 1. The number of ketones is 1. The van der Waals surface area contributed by atoms with Crippen LogP contribution in [0.5, 0.6) is 5.75 Å². The Hall–Kier alpha value is -1.99. The standard InChI is InChI=1S/C25H25BrO4S/c1-16(27)9-3-2-4-10-17-15-29-25(30-23(17)18-11-5-7-13-20(18)28)24-22(26)19-12-6-8-14-21(19)31-24/h2,4-8,11-14,17,23,25,28H,3,9-10,15H2,1H3/b4-2-/t17-,23+,25+/m1/s1. The molecule has 2 heterocycles. The molecule has 162 valence electrons. The Bertz CT molecular complexity index is 1090. The molecular weight excluding hydrogens is 476 g/mol. The van der Waals surface area contributed by atoms with Gasteiger partial charge in [-0.2, -0.15) is 0 Å². The minimum atomic E-state index is -0.505. The summed E-state index contributed by atoms with van der Waals surface area (Å²) in [5, 5.41) is 11.6. The number of fused-ring (bicyclic) bond motifs is 1. The Morgan fingerprint density at radius 1 is 1.19 bits per heavy atom. The number of aromatic hydroxyl groups is 1. The highest BCUT2D eigenvalue weighted by Crippen LogP contribution is 2.47. The van der Waals surface area contributed by atoms with E-state index in [0.717, 1.165) is 33.1 Å². The molecule has 3 aromatic rings. The molecule has 0 radical (unpaired) electrons. The van der Waals surface area contributed by atoms with Crippen molar-refractivity contribution in [3.05, 3.63) is 75.6 Å². The van der Waals surface area contributed by atoms with Crippen molar-refractivity contribution in [1.29, 1.82) is 0 Å². The SMILES string of the molecule is CC(=O)CC/C=C\C[C@@H]1CO[C@H](c2sc3ccccc3c2Br)O[C@@H]1c1ccccc1O. The zero-order valence-electron chi connectivity index (χ0n) is 17.3. The van der Waals surface area contributed by atoms with Gasteiger partial charge in [0.15, 0.2) is 6.29 Å². The molecule has 0 aliphatic carbocycles. The largest absolute Gasteiger partial charge is 0.508 e. The van der Waals surface area contributed by atoms with E-state index >= 15 is 0 Å². The van der Waals surface area contributed by atoms with Crippen molar-refractivity contribution < 1.29 is 19.4 Å². The predicted molar refractivity (Wildman–Crippen MR) is 127 cm³/mol. The summed E-state index contributed by atoms with van der Waals surface area (Å²) in [7, 11) is 0. The van der Waals surface area contributed by atoms with Gasteiger partial charge in [-0.1, -0.05) is 48.6 Å². The molecule has 0 saturated carbocycles. The molecule has 0 bridgehead atoms. The smallest absolute Gasteiger partial charge is 0.194 e. The number of hydrogen-bond acceptors (Lipinski definition) is 5. The Morgan fingerprint density at radius 3 is 2.74 bits per heavy atom. The van der Waals surface area contributed by atoms with E-state index in [2.05, 4.69) is 34.1 Å². The molecule has 1 fully saturated rings. The average Bonchev–Trinajstić information content (AvgIpc) is 3.11. The zero-order chi connectivity index (χ0) is 21.8. The molecule has 31 heavy (non-hydrogen) atoms. The van der Waals surface area contributed by atoms with E-state index in [4.69, 9.17) is 9.47 Å². The lowest BCUT2D eigenvalue weighted by atomic mass is 9.91. The molecule has 1 aliphatic rings. The predicted octanol–water partition coefficient (Wildman–Crippen LogP) is 7.09. The second-order valence-electron chi connectivity index (χ2n) is 7.77. The van der Waals surface area contributed by atoms with E-state index in [1.165, 1.54) is 4.70 Å². The summed E-state index contributed by atoms with van der Waals surface area (Å²) in [6.45, 7) is 2.12. The van der Waals surface area contributed by atoms with Crippen LogP contribution in [0.3, 0.4) is 0 Å². The van der Waals surface area contributed by atoms with Crippen LogP contribution >= 0.6 is 27.3 Å². The molecule has 4 rings (SSSR count). The fraction of sp³-hybridized carbons (Fsp3) is 0.320. The third kappa shape index (κ3) is 5.09. The van der Waals surface area contributed by atoms with Gasteiger partial charge >= 0.3 is 0 Å². The van der Waals surface area contributed by atoms with Crippen molar-refractivity contribution in [3.8, 4) is 5.75 Å². The lowest BCUT2D eigenvalue weighted by molar-refractivity contribution is -0.242. The summed E-state index contributed by atoms with van der Waals surface area (Å²) in [6.07, 6.45) is 5.36. The second-order valence-corrected chi connectivity index (χ2v) is 9.64. The van der Waals surface area contributed by atoms with Crippen molar-refractivity contribution in [1.82, 2.24) is 0 Å². The molecule has 1 aromatic heterocycles. The molecule has 6 heteroatoms. The Kier molecular flexibility index (Phi) is 7.23. The third-order valence-corrected chi connectivity index (χ3v) is 7.75. The van der Waals surface area contributed by atoms with Gasteiger partial charge in [-0.3, -0.25) is 0 Å². The van der Waals surface area contributed by atoms with Crippen molar-refractivity contribution >= 4 is 43.1 Å². The lowest BCUT2D eigenvalue weighted by Crippen LogP contribution is -2.30. The van der Waals surface area contributed by atoms with E-state index in [-0.39, 0.29) is 23.6 Å². The quantitative estimate of drug-likeness (QED) is 0.351. The number of hydrogen-bond donors (Lipinski definition) is 1. The third-order valence-electron chi connectivity index (χ3n) is 5.45. The van der Waals surface area contributed by atoms with Gasteiger partial charge in [-0.05, 0) is 47.8 Å². The van der Waals surface area contributed by atoms with E-state index in [9.17, 15) is 9.90 Å². The minimum Gasteiger partial charge on any atom is -0.508 e. The fourth-order valence-electron chi connectivity index (χ4n) is 3.83. The van der Waals surface area contributed by atoms with Crippen LogP contribution in [0.2, 0.25) is 0 Å². The van der Waals surface area contributed by atoms with Crippen LogP contribution in [-0.2, 0) is 14.3 Å². The highest BCUT2D eigenvalue weighted by atomic mass is 79.9. The summed E-state index contributed by atoms with van der Waals surface area (Å²) >= 11 is 5.38. The number of rotatable bonds is 7. The van der Waals surface area contributed by atoms with Crippen molar-refractivity contribution in [2.45, 2.75) is 38.6 Å². The highest BCUT2D eigenvalue weighted by molar-refractivity contribution is 9.10. The Morgan fingerprint density at radius 2 is 1.97 bits per heavy atom. The second kappa shape index (κ2) is 10.1. The van der Waals surface area contributed by atoms with Crippen LogP contribution in [0, 0.1) is 5.92 Å². The number of halogens is 1. The number of ether oxygens (including phenoxy) is 2. The van der Waals surface area contributed by atoms with E-state index in [1.54, 1.807) is 24.3 Å². The molecule has 3 atom stereocenters. The van der Waals surface area contributed by atoms with Gasteiger partial charge in [-0.25, -0.2) is 0 Å². The summed E-state index contributed by atoms with van der Waals surface area (Å²) in [5.41, 5.74) is 0.773. The first-order valence-corrected chi connectivity index (χ1v) is 12.0. The molecule has 1 N–H and O–H groups in total. The minimum absolute atomic E-state index is 0.0614. The Balaban J connectivity index is 1.57. The molecule has 4 nitrogen and oxygen atoms in total. The molecule has 1 aliphatic heterocycles. The number of phenolic OH excluding ortho intramolecular Hbond substituents is 1. The van der Waals surface area contributed by atoms with Crippen LogP contribution in [0.4, 0.5) is 0 Å². The van der Waals surface area contributed by atoms with Gasteiger partial charge in [0.2, 0.25) is 0 Å². The van der Waals surface area contributed by atoms with Gasteiger partial charge in [0, 0.05) is 32.5 Å². The number of para-hydroxylation sites is 1. The molecule has 1 saturated heterocycles. The summed E-state index contributed by atoms with van der Waals surface area (Å²) in [4.78, 5) is 12.1. The number of carbonyl (C=O) groups excluding carboxylic acids is 1. The summed E-state index contributed by atoms with van der Waals surface area (Å²) in [6, 6.07) is 15.5. The van der Waals surface area contributed by atoms with E-state index in [0.29, 0.717) is 13.0 Å². The van der Waals surface area contributed by atoms with E-state index < -0.39 is 6.29 Å². The van der Waals surface area contributed by atoms with Crippen molar-refractivity contribution in [2.24, 2.45) is 5.92 Å². The molecule has 2 aromatic carbocycles. The number of benzene rings is 2. The van der Waals surface area contributed by atoms with Gasteiger partial charge in [0.1, 0.15) is 11.5 Å². The number of phenols is 1. The maximum Gasteiger partial charge on any atom is 0.194 e. The number of thiophene rings is 1. The summed E-state index contributed by atoms with van der Waals surface area (Å²) in [5.74, 6) is 0.484. The van der Waals surface area contributed by atoms with E-state index in [1.807, 2.05) is 36.4 Å². The molecule has 0 unspecified atom stereocenters. The van der Waals surface area contributed by atoms with Crippen LogP contribution in [0.15, 0.2) is 65.2 Å². The van der Waals surface area contributed by atoms with Crippen molar-refractivity contribution in [2.75, 3.05) is 6.61 Å². The maximum atomic E-state index is 11.1. The number of Topliss-reactive ketones (excluding diaryl/α,β-unsaturated/α-hetero) is 1. The van der Waals surface area contributed by atoms with Crippen LogP contribution < -0.4 is 0 Å². The average molecular weight is 501 g/mol. The van der Waals surface area contributed by atoms with Gasteiger partial charge < -0.3 is 19.4 Å². The fourth-order valence-corrected chi connectivity index (χ4v) is 5.82.